The Bertz CT molecular complexity index is 561. The molecule has 0 bridgehead atoms. The number of carbonyl (C=O) groups is 2. The quantitative estimate of drug-likeness (QED) is 0.864. The molecule has 1 aromatic rings. The van der Waals surface area contributed by atoms with E-state index in [-0.39, 0.29) is 35.7 Å². The highest BCUT2D eigenvalue weighted by atomic mass is 35.5. The zero-order valence-electron chi connectivity index (χ0n) is 12.5. The van der Waals surface area contributed by atoms with Gasteiger partial charge in [-0.3, -0.25) is 9.59 Å². The Balaban J connectivity index is 2.17. The molecule has 0 aliphatic carbocycles. The highest BCUT2D eigenvalue weighted by Crippen LogP contribution is 2.27. The van der Waals surface area contributed by atoms with Crippen LogP contribution in [-0.2, 0) is 9.53 Å². The van der Waals surface area contributed by atoms with Crippen molar-refractivity contribution in [1.82, 2.24) is 4.90 Å². The third-order valence-electron chi connectivity index (χ3n) is 3.78. The predicted octanol–water partition coefficient (Wildman–Crippen LogP) is 2.99. The second-order valence-electron chi connectivity index (χ2n) is 5.32. The van der Waals surface area contributed by atoms with Gasteiger partial charge in [0.15, 0.2) is 0 Å². The molecular weight excluding hydrogens is 306 g/mol. The van der Waals surface area contributed by atoms with Crippen molar-refractivity contribution in [3.05, 3.63) is 28.8 Å². The summed E-state index contributed by atoms with van der Waals surface area (Å²) < 4.78 is 4.97. The molecule has 1 aliphatic heterocycles. The molecule has 0 aromatic heterocycles. The van der Waals surface area contributed by atoms with Crippen LogP contribution in [0.15, 0.2) is 18.2 Å². The minimum absolute atomic E-state index is 0.102. The summed E-state index contributed by atoms with van der Waals surface area (Å²) in [6, 6.07) is 4.19. The van der Waals surface area contributed by atoms with E-state index in [1.807, 2.05) is 0 Å². The number of halogens is 1. The van der Waals surface area contributed by atoms with Gasteiger partial charge in [-0.2, -0.15) is 0 Å². The molecule has 0 spiro atoms. The molecule has 1 heterocycles. The number of hydrogen-bond acceptors (Lipinski definition) is 4. The van der Waals surface area contributed by atoms with Crippen LogP contribution in [0.1, 0.15) is 43.0 Å². The molecule has 1 aromatic carbocycles. The topological polar surface area (TPSA) is 66.8 Å². The van der Waals surface area contributed by atoms with Crippen LogP contribution in [0, 0.1) is 0 Å². The average molecular weight is 326 g/mol. The van der Waals surface area contributed by atoms with Gasteiger partial charge in [-0.05, 0) is 44.4 Å². The molecule has 22 heavy (non-hydrogen) atoms. The fraction of sp³-hybridized carbons (Fsp3) is 0.500. The van der Waals surface area contributed by atoms with E-state index < -0.39 is 0 Å². The first kappa shape index (κ1) is 16.6. The molecule has 1 saturated heterocycles. The van der Waals surface area contributed by atoms with Crippen molar-refractivity contribution in [1.29, 1.82) is 0 Å². The highest BCUT2D eigenvalue weighted by Gasteiger charge is 2.30. The Labute approximate surface area is 134 Å². The Morgan fingerprint density at radius 3 is 2.91 bits per heavy atom. The van der Waals surface area contributed by atoms with Crippen LogP contribution in [-0.4, -0.2) is 41.1 Å². The maximum Gasteiger partial charge on any atom is 0.307 e. The number of phenols is 1. The van der Waals surface area contributed by atoms with Gasteiger partial charge in [-0.1, -0.05) is 11.6 Å². The van der Waals surface area contributed by atoms with E-state index in [1.165, 1.54) is 18.2 Å². The largest absolute Gasteiger partial charge is 0.507 e. The van der Waals surface area contributed by atoms with Gasteiger partial charge in [0, 0.05) is 17.6 Å². The Hall–Kier alpha value is -1.75. The van der Waals surface area contributed by atoms with Gasteiger partial charge in [-0.25, -0.2) is 0 Å². The van der Waals surface area contributed by atoms with Crippen LogP contribution < -0.4 is 0 Å². The Kier molecular flexibility index (Phi) is 5.66. The first-order valence-electron chi connectivity index (χ1n) is 7.48. The van der Waals surface area contributed by atoms with E-state index in [4.69, 9.17) is 16.3 Å². The smallest absolute Gasteiger partial charge is 0.307 e. The zero-order chi connectivity index (χ0) is 16.1. The standard InChI is InChI=1S/C16H20ClNO4/c1-2-22-15(20)10-12-5-3-4-8-18(12)16(21)13-9-11(17)6-7-14(13)19/h6-7,9,12,19H,2-5,8,10H2,1H3. The Morgan fingerprint density at radius 1 is 1.41 bits per heavy atom. The van der Waals surface area contributed by atoms with Crippen molar-refractivity contribution in [2.75, 3.05) is 13.2 Å². The summed E-state index contributed by atoms with van der Waals surface area (Å²) in [5.41, 5.74) is 0.170. The number of amides is 1. The zero-order valence-corrected chi connectivity index (χ0v) is 13.3. The molecule has 1 aliphatic rings. The van der Waals surface area contributed by atoms with Crippen LogP contribution in [0.2, 0.25) is 5.02 Å². The van der Waals surface area contributed by atoms with E-state index in [2.05, 4.69) is 0 Å². The monoisotopic (exact) mass is 325 g/mol. The van der Waals surface area contributed by atoms with Gasteiger partial charge < -0.3 is 14.7 Å². The first-order valence-corrected chi connectivity index (χ1v) is 7.85. The molecule has 120 valence electrons. The summed E-state index contributed by atoms with van der Waals surface area (Å²) in [4.78, 5) is 26.0. The second-order valence-corrected chi connectivity index (χ2v) is 5.76. The molecule has 2 rings (SSSR count). The highest BCUT2D eigenvalue weighted by molar-refractivity contribution is 6.31. The number of esters is 1. The van der Waals surface area contributed by atoms with Crippen LogP contribution in [0.4, 0.5) is 0 Å². The van der Waals surface area contributed by atoms with E-state index in [1.54, 1.807) is 11.8 Å². The van der Waals surface area contributed by atoms with Crippen LogP contribution in [0.25, 0.3) is 0 Å². The lowest BCUT2D eigenvalue weighted by molar-refractivity contribution is -0.144. The summed E-state index contributed by atoms with van der Waals surface area (Å²) >= 11 is 5.91. The van der Waals surface area contributed by atoms with Crippen molar-refractivity contribution < 1.29 is 19.4 Å². The van der Waals surface area contributed by atoms with Gasteiger partial charge in [0.2, 0.25) is 0 Å². The molecule has 0 radical (unpaired) electrons. The minimum atomic E-state index is -0.303. The molecule has 5 nitrogen and oxygen atoms in total. The van der Waals surface area contributed by atoms with Crippen molar-refractivity contribution in [3.8, 4) is 5.75 Å². The number of rotatable bonds is 4. The maximum atomic E-state index is 12.7. The van der Waals surface area contributed by atoms with Crippen LogP contribution in [0.3, 0.4) is 0 Å². The molecular formula is C16H20ClNO4. The van der Waals surface area contributed by atoms with E-state index in [9.17, 15) is 14.7 Å². The van der Waals surface area contributed by atoms with Crippen LogP contribution in [0.5, 0.6) is 5.75 Å². The number of likely N-dealkylation sites (tertiary alicyclic amines) is 1. The number of carbonyl (C=O) groups excluding carboxylic acids is 2. The van der Waals surface area contributed by atoms with Crippen molar-refractivity contribution in [3.63, 3.8) is 0 Å². The summed E-state index contributed by atoms with van der Waals surface area (Å²) in [5, 5.41) is 10.3. The summed E-state index contributed by atoms with van der Waals surface area (Å²) in [7, 11) is 0. The lowest BCUT2D eigenvalue weighted by atomic mass is 9.98. The van der Waals surface area contributed by atoms with E-state index in [0.29, 0.717) is 18.2 Å². The minimum Gasteiger partial charge on any atom is -0.507 e. The molecule has 1 N–H and O–H groups in total. The van der Waals surface area contributed by atoms with Crippen molar-refractivity contribution in [2.45, 2.75) is 38.6 Å². The van der Waals surface area contributed by atoms with Gasteiger partial charge >= 0.3 is 5.97 Å². The summed E-state index contributed by atoms with van der Waals surface area (Å²) in [6.07, 6.45) is 2.79. The van der Waals surface area contributed by atoms with E-state index >= 15 is 0 Å². The molecule has 1 atom stereocenters. The fourth-order valence-electron chi connectivity index (χ4n) is 2.73. The molecule has 6 heteroatoms. The predicted molar refractivity (Wildman–Crippen MR) is 83.0 cm³/mol. The fourth-order valence-corrected chi connectivity index (χ4v) is 2.90. The average Bonchev–Trinajstić information content (AvgIpc) is 2.50. The van der Waals surface area contributed by atoms with Gasteiger partial charge in [0.1, 0.15) is 5.75 Å². The number of benzene rings is 1. The molecule has 1 unspecified atom stereocenters. The van der Waals surface area contributed by atoms with Crippen molar-refractivity contribution in [2.24, 2.45) is 0 Å². The third-order valence-corrected chi connectivity index (χ3v) is 4.02. The molecule has 1 fully saturated rings. The Morgan fingerprint density at radius 2 is 2.18 bits per heavy atom. The first-order chi connectivity index (χ1) is 10.5. The van der Waals surface area contributed by atoms with Gasteiger partial charge in [0.05, 0.1) is 18.6 Å². The maximum absolute atomic E-state index is 12.7. The van der Waals surface area contributed by atoms with Crippen LogP contribution >= 0.6 is 11.6 Å². The summed E-state index contributed by atoms with van der Waals surface area (Å²) in [5.74, 6) is -0.702. The number of ether oxygens (including phenoxy) is 1. The number of hydrogen-bond donors (Lipinski definition) is 1. The lowest BCUT2D eigenvalue weighted by Crippen LogP contribution is -2.45. The SMILES string of the molecule is CCOC(=O)CC1CCCCN1C(=O)c1cc(Cl)ccc1O. The number of piperidine rings is 1. The number of nitrogens with zero attached hydrogens (tertiary/aromatic N) is 1. The second kappa shape index (κ2) is 7.49. The normalized spacial score (nSPS) is 18.1. The van der Waals surface area contributed by atoms with Crippen molar-refractivity contribution >= 4 is 23.5 Å². The number of aromatic hydroxyl groups is 1. The van der Waals surface area contributed by atoms with Gasteiger partial charge in [-0.15, -0.1) is 0 Å². The molecule has 0 saturated carbocycles. The lowest BCUT2D eigenvalue weighted by Gasteiger charge is -2.35. The third kappa shape index (κ3) is 3.91. The molecule has 1 amide bonds. The number of phenolic OH excluding ortho intramolecular Hbond substituents is 1. The van der Waals surface area contributed by atoms with Gasteiger partial charge in [0.25, 0.3) is 5.91 Å². The van der Waals surface area contributed by atoms with E-state index in [0.717, 1.165) is 19.3 Å². The summed E-state index contributed by atoms with van der Waals surface area (Å²) in [6.45, 7) is 2.65.